The SMILES string of the molecule is CC.CC(C)(C)N1CCC(C(O)C(F)(F)F)CC1. The van der Waals surface area contributed by atoms with Crippen molar-refractivity contribution in [1.82, 2.24) is 4.90 Å². The molecule has 5 heteroatoms. The third-order valence-corrected chi connectivity index (χ3v) is 3.27. The van der Waals surface area contributed by atoms with Crippen LogP contribution < -0.4 is 0 Å². The number of alkyl halides is 3. The Labute approximate surface area is 108 Å². The molecular weight excluding hydrogens is 243 g/mol. The van der Waals surface area contributed by atoms with E-state index < -0.39 is 18.2 Å². The highest BCUT2D eigenvalue weighted by atomic mass is 19.4. The average molecular weight is 269 g/mol. The quantitative estimate of drug-likeness (QED) is 0.788. The standard InChI is InChI=1S/C11H20F3NO.C2H6/c1-10(2,3)15-6-4-8(5-7-15)9(16)11(12,13)14;1-2/h8-9,16H,4-7H2,1-3H3;1-2H3. The molecule has 1 atom stereocenters. The van der Waals surface area contributed by atoms with E-state index in [-0.39, 0.29) is 5.54 Å². The van der Waals surface area contributed by atoms with Crippen LogP contribution in [0.4, 0.5) is 13.2 Å². The van der Waals surface area contributed by atoms with Gasteiger partial charge in [-0.2, -0.15) is 13.2 Å². The van der Waals surface area contributed by atoms with Crippen molar-refractivity contribution in [2.24, 2.45) is 5.92 Å². The first-order valence-corrected chi connectivity index (χ1v) is 6.62. The van der Waals surface area contributed by atoms with Crippen molar-refractivity contribution in [2.45, 2.75) is 65.3 Å². The molecule has 110 valence electrons. The zero-order chi connectivity index (χ0) is 14.6. The Bertz CT molecular complexity index is 227. The number of aliphatic hydroxyl groups excluding tert-OH is 1. The van der Waals surface area contributed by atoms with E-state index in [1.165, 1.54) is 0 Å². The van der Waals surface area contributed by atoms with Crippen molar-refractivity contribution >= 4 is 0 Å². The van der Waals surface area contributed by atoms with Crippen molar-refractivity contribution in [3.8, 4) is 0 Å². The lowest BCUT2D eigenvalue weighted by molar-refractivity contribution is -0.223. The van der Waals surface area contributed by atoms with Gasteiger partial charge in [0.1, 0.15) is 0 Å². The van der Waals surface area contributed by atoms with Gasteiger partial charge in [0.05, 0.1) is 0 Å². The van der Waals surface area contributed by atoms with Gasteiger partial charge in [0.2, 0.25) is 0 Å². The van der Waals surface area contributed by atoms with Crippen LogP contribution in [0.25, 0.3) is 0 Å². The van der Waals surface area contributed by atoms with Gasteiger partial charge in [-0.3, -0.25) is 4.90 Å². The number of rotatable bonds is 1. The van der Waals surface area contributed by atoms with Crippen molar-refractivity contribution in [2.75, 3.05) is 13.1 Å². The van der Waals surface area contributed by atoms with Crippen molar-refractivity contribution in [3.05, 3.63) is 0 Å². The monoisotopic (exact) mass is 269 g/mol. The summed E-state index contributed by atoms with van der Waals surface area (Å²) in [6.07, 6.45) is -5.81. The number of aliphatic hydroxyl groups is 1. The summed E-state index contributed by atoms with van der Waals surface area (Å²) in [7, 11) is 0. The summed E-state index contributed by atoms with van der Waals surface area (Å²) >= 11 is 0. The topological polar surface area (TPSA) is 23.5 Å². The van der Waals surface area contributed by atoms with Gasteiger partial charge in [0.25, 0.3) is 0 Å². The van der Waals surface area contributed by atoms with Gasteiger partial charge in [-0.15, -0.1) is 0 Å². The molecule has 0 spiro atoms. The first-order valence-electron chi connectivity index (χ1n) is 6.62. The minimum Gasteiger partial charge on any atom is -0.383 e. The van der Waals surface area contributed by atoms with Crippen LogP contribution in [0.2, 0.25) is 0 Å². The largest absolute Gasteiger partial charge is 0.414 e. The maximum atomic E-state index is 12.3. The third-order valence-electron chi connectivity index (χ3n) is 3.27. The fourth-order valence-electron chi connectivity index (χ4n) is 2.15. The van der Waals surface area contributed by atoms with Crippen molar-refractivity contribution in [3.63, 3.8) is 0 Å². The molecule has 0 saturated carbocycles. The normalized spacial score (nSPS) is 21.2. The number of likely N-dealkylation sites (tertiary alicyclic amines) is 1. The van der Waals surface area contributed by atoms with Gasteiger partial charge in [0.15, 0.2) is 6.10 Å². The number of piperidine rings is 1. The van der Waals surface area contributed by atoms with Gasteiger partial charge in [-0.05, 0) is 52.6 Å². The molecule has 1 unspecified atom stereocenters. The summed E-state index contributed by atoms with van der Waals surface area (Å²) in [5.74, 6) is -0.640. The second-order valence-corrected chi connectivity index (χ2v) is 5.48. The Balaban J connectivity index is 0.00000137. The van der Waals surface area contributed by atoms with E-state index >= 15 is 0 Å². The summed E-state index contributed by atoms with van der Waals surface area (Å²) in [6.45, 7) is 11.4. The average Bonchev–Trinajstić information content (AvgIpc) is 2.28. The summed E-state index contributed by atoms with van der Waals surface area (Å²) in [5, 5.41) is 9.16. The van der Waals surface area contributed by atoms with Crippen molar-refractivity contribution in [1.29, 1.82) is 0 Å². The zero-order valence-electron chi connectivity index (χ0n) is 12.0. The number of nitrogens with zero attached hydrogens (tertiary/aromatic N) is 1. The van der Waals surface area contributed by atoms with E-state index in [2.05, 4.69) is 4.90 Å². The maximum absolute atomic E-state index is 12.3. The molecule has 1 heterocycles. The molecule has 0 aromatic carbocycles. The maximum Gasteiger partial charge on any atom is 0.414 e. The molecule has 0 aliphatic carbocycles. The van der Waals surface area contributed by atoms with Crippen LogP contribution in [-0.4, -0.2) is 40.9 Å². The molecule has 0 amide bonds. The molecule has 0 aromatic rings. The number of hydrogen-bond donors (Lipinski definition) is 1. The van der Waals surface area contributed by atoms with E-state index in [1.807, 2.05) is 34.6 Å². The van der Waals surface area contributed by atoms with Crippen LogP contribution in [0.5, 0.6) is 0 Å². The summed E-state index contributed by atoms with van der Waals surface area (Å²) in [6, 6.07) is 0. The smallest absolute Gasteiger partial charge is 0.383 e. The first-order chi connectivity index (χ1) is 8.12. The van der Waals surface area contributed by atoms with Crippen LogP contribution in [0.3, 0.4) is 0 Å². The van der Waals surface area contributed by atoms with Gasteiger partial charge in [-0.1, -0.05) is 13.8 Å². The first kappa shape index (κ1) is 17.7. The van der Waals surface area contributed by atoms with Crippen LogP contribution in [0, 0.1) is 5.92 Å². The highest BCUT2D eigenvalue weighted by Gasteiger charge is 2.44. The van der Waals surface area contributed by atoms with Crippen molar-refractivity contribution < 1.29 is 18.3 Å². The van der Waals surface area contributed by atoms with Crippen LogP contribution >= 0.6 is 0 Å². The van der Waals surface area contributed by atoms with Crippen LogP contribution in [0.1, 0.15) is 47.5 Å². The molecule has 18 heavy (non-hydrogen) atoms. The van der Waals surface area contributed by atoms with E-state index in [4.69, 9.17) is 5.11 Å². The van der Waals surface area contributed by atoms with E-state index in [0.717, 1.165) is 0 Å². The van der Waals surface area contributed by atoms with Crippen LogP contribution in [0.15, 0.2) is 0 Å². The summed E-state index contributed by atoms with van der Waals surface area (Å²) < 4.78 is 36.9. The lowest BCUT2D eigenvalue weighted by Gasteiger charge is -2.42. The summed E-state index contributed by atoms with van der Waals surface area (Å²) in [5.41, 5.74) is -0.00580. The predicted molar refractivity (Wildman–Crippen MR) is 67.5 cm³/mol. The van der Waals surface area contributed by atoms with Gasteiger partial charge in [0, 0.05) is 5.54 Å². The summed E-state index contributed by atoms with van der Waals surface area (Å²) in [4.78, 5) is 2.16. The van der Waals surface area contributed by atoms with Gasteiger partial charge in [-0.25, -0.2) is 0 Å². The van der Waals surface area contributed by atoms with E-state index in [1.54, 1.807) is 0 Å². The molecule has 1 N–H and O–H groups in total. The Morgan fingerprint density at radius 3 is 1.72 bits per heavy atom. The lowest BCUT2D eigenvalue weighted by Crippen LogP contribution is -2.49. The molecular formula is C13H26F3NO. The predicted octanol–water partition coefficient (Wildman–Crippen LogP) is 3.45. The molecule has 1 fully saturated rings. The lowest BCUT2D eigenvalue weighted by atomic mass is 9.88. The third kappa shape index (κ3) is 5.14. The molecule has 1 aliphatic rings. The molecule has 0 aromatic heterocycles. The van der Waals surface area contributed by atoms with Gasteiger partial charge < -0.3 is 5.11 Å². The van der Waals surface area contributed by atoms with Gasteiger partial charge >= 0.3 is 6.18 Å². The van der Waals surface area contributed by atoms with E-state index in [0.29, 0.717) is 25.9 Å². The van der Waals surface area contributed by atoms with E-state index in [9.17, 15) is 13.2 Å². The van der Waals surface area contributed by atoms with Crippen LogP contribution in [-0.2, 0) is 0 Å². The number of hydrogen-bond acceptors (Lipinski definition) is 2. The Morgan fingerprint density at radius 1 is 1.06 bits per heavy atom. The highest BCUT2D eigenvalue weighted by molar-refractivity contribution is 4.86. The molecule has 0 radical (unpaired) electrons. The molecule has 1 saturated heterocycles. The Morgan fingerprint density at radius 2 is 1.44 bits per heavy atom. The minimum absolute atomic E-state index is 0.00580. The molecule has 1 aliphatic heterocycles. The Kier molecular flexibility index (Phi) is 6.65. The molecule has 1 rings (SSSR count). The fourth-order valence-corrected chi connectivity index (χ4v) is 2.15. The highest BCUT2D eigenvalue weighted by Crippen LogP contribution is 2.33. The second-order valence-electron chi connectivity index (χ2n) is 5.48. The fraction of sp³-hybridized carbons (Fsp3) is 1.00. The second kappa shape index (κ2) is 6.75. The minimum atomic E-state index is -4.48. The molecule has 2 nitrogen and oxygen atoms in total. The molecule has 0 bridgehead atoms. The Hall–Kier alpha value is -0.290. The number of halogens is 3. The zero-order valence-corrected chi connectivity index (χ0v) is 12.0.